The average molecular weight is 444 g/mol. The summed E-state index contributed by atoms with van der Waals surface area (Å²) in [5.41, 5.74) is 3.30. The molecule has 3 aromatic carbocycles. The topological polar surface area (TPSA) is 59.0 Å². The molecule has 2 aliphatic rings. The van der Waals surface area contributed by atoms with Gasteiger partial charge in [-0.2, -0.15) is 0 Å². The van der Waals surface area contributed by atoms with Gasteiger partial charge < -0.3 is 14.6 Å². The van der Waals surface area contributed by atoms with Crippen molar-refractivity contribution in [1.29, 1.82) is 0 Å². The lowest BCUT2D eigenvalue weighted by molar-refractivity contribution is 0.0198. The van der Waals surface area contributed by atoms with Gasteiger partial charge in [0, 0.05) is 12.3 Å². The predicted octanol–water partition coefficient (Wildman–Crippen LogP) is 5.88. The summed E-state index contributed by atoms with van der Waals surface area (Å²) >= 11 is 0. The fourth-order valence-electron chi connectivity index (χ4n) is 4.87. The van der Waals surface area contributed by atoms with Crippen molar-refractivity contribution in [3.05, 3.63) is 83.9 Å². The molecule has 5 heteroatoms. The van der Waals surface area contributed by atoms with Crippen molar-refractivity contribution < 1.29 is 19.4 Å². The first kappa shape index (κ1) is 21.7. The second kappa shape index (κ2) is 9.38. The smallest absolute Gasteiger partial charge is 0.266 e. The van der Waals surface area contributed by atoms with Crippen LogP contribution in [0.25, 0.3) is 0 Å². The first-order valence-electron chi connectivity index (χ1n) is 11.7. The number of rotatable bonds is 6. The molecule has 0 saturated carbocycles. The van der Waals surface area contributed by atoms with Crippen LogP contribution in [0.5, 0.6) is 11.5 Å². The van der Waals surface area contributed by atoms with Crippen molar-refractivity contribution in [2.45, 2.75) is 44.8 Å². The number of aliphatic hydroxyl groups is 1. The summed E-state index contributed by atoms with van der Waals surface area (Å²) in [7, 11) is 0. The minimum absolute atomic E-state index is 0.105. The molecule has 1 N–H and O–H groups in total. The number of hydrogen-bond donors (Lipinski definition) is 1. The quantitative estimate of drug-likeness (QED) is 0.517. The minimum Gasteiger partial charge on any atom is -0.454 e. The molecule has 0 aliphatic carbocycles. The van der Waals surface area contributed by atoms with Crippen LogP contribution in [0.4, 0.5) is 11.4 Å². The molecule has 0 spiro atoms. The lowest BCUT2D eigenvalue weighted by Gasteiger charge is -2.22. The van der Waals surface area contributed by atoms with Crippen LogP contribution >= 0.6 is 0 Å². The third-order valence-corrected chi connectivity index (χ3v) is 6.65. The van der Waals surface area contributed by atoms with Gasteiger partial charge >= 0.3 is 0 Å². The first-order chi connectivity index (χ1) is 16.1. The fourth-order valence-corrected chi connectivity index (χ4v) is 4.87. The number of aliphatic hydroxyl groups excluding tert-OH is 1. The lowest BCUT2D eigenvalue weighted by Crippen LogP contribution is -2.25. The Bertz CT molecular complexity index is 1130. The molecular weight excluding hydrogens is 414 g/mol. The number of ether oxygens (including phenoxy) is 2. The summed E-state index contributed by atoms with van der Waals surface area (Å²) in [5, 5.41) is 9.18. The zero-order chi connectivity index (χ0) is 22.8. The molecule has 33 heavy (non-hydrogen) atoms. The maximum absolute atomic E-state index is 13.5. The Balaban J connectivity index is 1.36. The van der Waals surface area contributed by atoms with Crippen molar-refractivity contribution >= 4 is 17.3 Å². The monoisotopic (exact) mass is 443 g/mol. The van der Waals surface area contributed by atoms with E-state index in [1.54, 1.807) is 11.0 Å². The molecule has 5 rings (SSSR count). The molecule has 170 valence electrons. The fraction of sp³-hybridized carbons (Fsp3) is 0.321. The van der Waals surface area contributed by atoms with Gasteiger partial charge in [0.25, 0.3) is 5.91 Å². The molecule has 5 nitrogen and oxygen atoms in total. The molecule has 3 atom stereocenters. The predicted molar refractivity (Wildman–Crippen MR) is 128 cm³/mol. The van der Waals surface area contributed by atoms with Gasteiger partial charge in [0.05, 0.1) is 23.5 Å². The molecule has 0 unspecified atom stereocenters. The van der Waals surface area contributed by atoms with E-state index in [0.29, 0.717) is 29.4 Å². The summed E-state index contributed by atoms with van der Waals surface area (Å²) in [6.45, 7) is 2.41. The molecule has 1 amide bonds. The van der Waals surface area contributed by atoms with E-state index in [4.69, 9.17) is 9.47 Å². The molecule has 0 bridgehead atoms. The third kappa shape index (κ3) is 4.39. The van der Waals surface area contributed by atoms with Gasteiger partial charge in [0.1, 0.15) is 5.75 Å². The molecule has 2 aliphatic heterocycles. The standard InChI is InChI=1S/C28H29NO4/c1-19-18-22(16-17-30)32-25(19)15-12-20-10-13-21(14-11-20)29-24-7-3-5-9-27(24)33-26-8-4-2-6-23(26)28(29)31/h2-11,13-14,19,22,25,30H,12,15-18H2,1H3/t19-,22+,25-/m0/s1. The number of hydrogen-bond acceptors (Lipinski definition) is 4. The van der Waals surface area contributed by atoms with Gasteiger partial charge in [-0.25, -0.2) is 0 Å². The highest BCUT2D eigenvalue weighted by atomic mass is 16.5. The van der Waals surface area contributed by atoms with Crippen LogP contribution < -0.4 is 9.64 Å². The minimum atomic E-state index is -0.105. The number of fused-ring (bicyclic) bond motifs is 2. The largest absolute Gasteiger partial charge is 0.454 e. The Morgan fingerprint density at radius 2 is 1.67 bits per heavy atom. The van der Waals surface area contributed by atoms with E-state index >= 15 is 0 Å². The summed E-state index contributed by atoms with van der Waals surface area (Å²) in [6, 6.07) is 23.2. The highest BCUT2D eigenvalue weighted by Crippen LogP contribution is 2.42. The second-order valence-corrected chi connectivity index (χ2v) is 8.93. The van der Waals surface area contributed by atoms with Crippen LogP contribution in [-0.2, 0) is 11.2 Å². The van der Waals surface area contributed by atoms with Crippen molar-refractivity contribution in [3.63, 3.8) is 0 Å². The number of carbonyl (C=O) groups excluding carboxylic acids is 1. The van der Waals surface area contributed by atoms with Crippen molar-refractivity contribution in [2.24, 2.45) is 5.92 Å². The molecular formula is C28H29NO4. The van der Waals surface area contributed by atoms with Gasteiger partial charge in [-0.15, -0.1) is 0 Å². The summed E-state index contributed by atoms with van der Waals surface area (Å²) in [6.07, 6.45) is 4.01. The number of anilines is 2. The molecule has 0 radical (unpaired) electrons. The molecule has 3 aromatic rings. The second-order valence-electron chi connectivity index (χ2n) is 8.93. The first-order valence-corrected chi connectivity index (χ1v) is 11.7. The number of nitrogens with zero attached hydrogens (tertiary/aromatic N) is 1. The Morgan fingerprint density at radius 3 is 2.45 bits per heavy atom. The van der Waals surface area contributed by atoms with E-state index < -0.39 is 0 Å². The molecule has 1 fully saturated rings. The maximum Gasteiger partial charge on any atom is 0.266 e. The summed E-state index contributed by atoms with van der Waals surface area (Å²) in [4.78, 5) is 15.2. The number of aryl methyl sites for hydroxylation is 1. The number of benzene rings is 3. The Hall–Kier alpha value is -3.15. The lowest BCUT2D eigenvalue weighted by atomic mass is 9.96. The van der Waals surface area contributed by atoms with Gasteiger partial charge in [0.2, 0.25) is 0 Å². The van der Waals surface area contributed by atoms with E-state index in [0.717, 1.165) is 30.6 Å². The van der Waals surface area contributed by atoms with E-state index in [1.807, 2.05) is 54.6 Å². The van der Waals surface area contributed by atoms with Crippen LogP contribution in [-0.4, -0.2) is 29.8 Å². The number of para-hydroxylation sites is 3. The SMILES string of the molecule is C[C@H]1C[C@@H](CCO)O[C@H]1CCc1ccc(N2C(=O)c3ccccc3Oc3ccccc32)cc1. The van der Waals surface area contributed by atoms with E-state index in [9.17, 15) is 9.90 Å². The van der Waals surface area contributed by atoms with Crippen molar-refractivity contribution in [1.82, 2.24) is 0 Å². The van der Waals surface area contributed by atoms with Crippen LogP contribution in [0.3, 0.4) is 0 Å². The van der Waals surface area contributed by atoms with Gasteiger partial charge in [-0.1, -0.05) is 43.3 Å². The number of amides is 1. The maximum atomic E-state index is 13.5. The zero-order valence-electron chi connectivity index (χ0n) is 18.8. The Morgan fingerprint density at radius 1 is 0.939 bits per heavy atom. The number of carbonyl (C=O) groups is 1. The van der Waals surface area contributed by atoms with E-state index in [1.165, 1.54) is 5.56 Å². The van der Waals surface area contributed by atoms with Crippen molar-refractivity contribution in [2.75, 3.05) is 11.5 Å². The van der Waals surface area contributed by atoms with Crippen LogP contribution in [0.15, 0.2) is 72.8 Å². The highest BCUT2D eigenvalue weighted by molar-refractivity contribution is 6.14. The Kier molecular flexibility index (Phi) is 6.16. The normalized spacial score (nSPS) is 21.8. The van der Waals surface area contributed by atoms with E-state index in [2.05, 4.69) is 19.1 Å². The molecule has 0 aromatic heterocycles. The van der Waals surface area contributed by atoms with E-state index in [-0.39, 0.29) is 24.7 Å². The van der Waals surface area contributed by atoms with Crippen LogP contribution in [0, 0.1) is 5.92 Å². The van der Waals surface area contributed by atoms with Crippen LogP contribution in [0.2, 0.25) is 0 Å². The third-order valence-electron chi connectivity index (χ3n) is 6.65. The summed E-state index contributed by atoms with van der Waals surface area (Å²) in [5.74, 6) is 1.63. The summed E-state index contributed by atoms with van der Waals surface area (Å²) < 4.78 is 12.2. The zero-order valence-corrected chi connectivity index (χ0v) is 18.8. The van der Waals surface area contributed by atoms with Gasteiger partial charge in [-0.05, 0) is 73.6 Å². The molecule has 1 saturated heterocycles. The van der Waals surface area contributed by atoms with Crippen LogP contribution in [0.1, 0.15) is 42.1 Å². The highest BCUT2D eigenvalue weighted by Gasteiger charge is 2.32. The average Bonchev–Trinajstić information content (AvgIpc) is 3.12. The van der Waals surface area contributed by atoms with Gasteiger partial charge in [0.15, 0.2) is 5.75 Å². The van der Waals surface area contributed by atoms with Gasteiger partial charge in [-0.3, -0.25) is 9.69 Å². The molecule has 2 heterocycles. The Labute approximate surface area is 194 Å². The van der Waals surface area contributed by atoms with Crippen molar-refractivity contribution in [3.8, 4) is 11.5 Å².